The van der Waals surface area contributed by atoms with Crippen molar-refractivity contribution in [2.45, 2.75) is 25.6 Å². The van der Waals surface area contributed by atoms with Crippen molar-refractivity contribution in [2.75, 3.05) is 7.11 Å². The first kappa shape index (κ1) is 14.2. The second kappa shape index (κ2) is 5.82. The topological polar surface area (TPSA) is 58.9 Å². The van der Waals surface area contributed by atoms with Crippen LogP contribution in [0.25, 0.3) is 0 Å². The Morgan fingerprint density at radius 3 is 3.00 bits per heavy atom. The van der Waals surface area contributed by atoms with E-state index in [1.807, 2.05) is 6.92 Å². The van der Waals surface area contributed by atoms with E-state index < -0.39 is 12.0 Å². The van der Waals surface area contributed by atoms with E-state index in [9.17, 15) is 9.90 Å². The number of aliphatic hydroxyl groups is 1. The summed E-state index contributed by atoms with van der Waals surface area (Å²) in [6, 6.07) is 5.09. The van der Waals surface area contributed by atoms with Gasteiger partial charge < -0.3 is 9.84 Å². The first-order chi connectivity index (χ1) is 9.02. The van der Waals surface area contributed by atoms with E-state index in [2.05, 4.69) is 4.99 Å². The number of hydrogen-bond acceptors (Lipinski definition) is 4. The summed E-state index contributed by atoms with van der Waals surface area (Å²) in [6.45, 7) is 1.81. The van der Waals surface area contributed by atoms with Crippen molar-refractivity contribution in [3.05, 3.63) is 28.8 Å². The second-order valence-corrected chi connectivity index (χ2v) is 5.11. The summed E-state index contributed by atoms with van der Waals surface area (Å²) >= 11 is 5.91. The molecule has 2 rings (SSSR count). The molecule has 0 saturated heterocycles. The van der Waals surface area contributed by atoms with Gasteiger partial charge >= 0.3 is 0 Å². The van der Waals surface area contributed by atoms with Crippen LogP contribution in [0.15, 0.2) is 23.2 Å². The molecule has 0 bridgehead atoms. The Morgan fingerprint density at radius 1 is 1.58 bits per heavy atom. The van der Waals surface area contributed by atoms with Crippen molar-refractivity contribution in [1.29, 1.82) is 0 Å². The van der Waals surface area contributed by atoms with Gasteiger partial charge in [-0.05, 0) is 25.1 Å². The number of methoxy groups -OCH3 is 1. The Morgan fingerprint density at radius 2 is 2.32 bits per heavy atom. The molecule has 0 spiro atoms. The van der Waals surface area contributed by atoms with Gasteiger partial charge in [0, 0.05) is 30.3 Å². The Balaban J connectivity index is 2.21. The number of nitrogens with zero attached hydrogens (tertiary/aromatic N) is 1. The predicted molar refractivity (Wildman–Crippen MR) is 74.1 cm³/mol. The smallest absolute Gasteiger partial charge is 0.146 e. The average Bonchev–Trinajstić information content (AvgIpc) is 2.39. The number of halogens is 1. The molecule has 1 aliphatic rings. The van der Waals surface area contributed by atoms with E-state index in [1.165, 1.54) is 6.21 Å². The molecule has 19 heavy (non-hydrogen) atoms. The molecule has 0 saturated carbocycles. The van der Waals surface area contributed by atoms with Crippen molar-refractivity contribution in [1.82, 2.24) is 0 Å². The number of ketones is 1. The van der Waals surface area contributed by atoms with E-state index in [0.717, 1.165) is 0 Å². The molecule has 1 aromatic rings. The number of Topliss-reactive ketones (excluding diaryl/α,β-unsaturated/α-hetero) is 1. The van der Waals surface area contributed by atoms with Crippen LogP contribution in [0.3, 0.4) is 0 Å². The van der Waals surface area contributed by atoms with E-state index in [-0.39, 0.29) is 18.3 Å². The van der Waals surface area contributed by atoms with Crippen molar-refractivity contribution < 1.29 is 14.6 Å². The van der Waals surface area contributed by atoms with Gasteiger partial charge in [-0.25, -0.2) is 0 Å². The highest BCUT2D eigenvalue weighted by Gasteiger charge is 2.31. The summed E-state index contributed by atoms with van der Waals surface area (Å²) < 4.78 is 5.07. The number of fused-ring (bicyclic) bond motifs is 1. The zero-order valence-electron chi connectivity index (χ0n) is 10.8. The molecule has 0 fully saturated rings. The lowest BCUT2D eigenvalue weighted by atomic mass is 9.88. The van der Waals surface area contributed by atoms with Crippen LogP contribution in [-0.4, -0.2) is 30.3 Å². The molecule has 0 aliphatic carbocycles. The number of hydrogen-bond donors (Lipinski definition) is 1. The van der Waals surface area contributed by atoms with E-state index in [1.54, 1.807) is 25.3 Å². The normalized spacial score (nSPS) is 22.9. The Bertz CT molecular complexity index is 515. The van der Waals surface area contributed by atoms with E-state index in [4.69, 9.17) is 16.3 Å². The zero-order chi connectivity index (χ0) is 14.0. The van der Waals surface area contributed by atoms with Crippen LogP contribution in [0.4, 0.5) is 5.69 Å². The third kappa shape index (κ3) is 3.03. The van der Waals surface area contributed by atoms with Gasteiger partial charge in [-0.3, -0.25) is 9.79 Å². The lowest BCUT2D eigenvalue weighted by Crippen LogP contribution is -2.28. The number of benzene rings is 1. The van der Waals surface area contributed by atoms with Gasteiger partial charge in [0.2, 0.25) is 0 Å². The molecular weight excluding hydrogens is 266 g/mol. The van der Waals surface area contributed by atoms with Crippen molar-refractivity contribution in [2.24, 2.45) is 10.9 Å². The highest BCUT2D eigenvalue weighted by Crippen LogP contribution is 2.36. The van der Waals surface area contributed by atoms with Crippen LogP contribution in [0.1, 0.15) is 25.0 Å². The van der Waals surface area contributed by atoms with E-state index in [0.29, 0.717) is 16.3 Å². The Hall–Kier alpha value is -1.23. The summed E-state index contributed by atoms with van der Waals surface area (Å²) in [7, 11) is 1.55. The fraction of sp³-hybridized carbons (Fsp3) is 0.429. The maximum atomic E-state index is 12.1. The number of ether oxygens (including phenoxy) is 1. The maximum Gasteiger partial charge on any atom is 0.146 e. The quantitative estimate of drug-likeness (QED) is 0.923. The molecule has 0 radical (unpaired) electrons. The largest absolute Gasteiger partial charge is 0.387 e. The Kier molecular flexibility index (Phi) is 4.34. The van der Waals surface area contributed by atoms with Gasteiger partial charge in [-0.15, -0.1) is 0 Å². The summed E-state index contributed by atoms with van der Waals surface area (Å²) in [5, 5.41) is 10.8. The fourth-order valence-corrected chi connectivity index (χ4v) is 2.26. The number of carbonyl (C=O) groups excluding carboxylic acids is 1. The molecule has 0 aromatic heterocycles. The number of aliphatic hydroxyl groups excluding tert-OH is 1. The molecule has 0 amide bonds. The number of aliphatic imine (C=N–C) groups is 1. The Labute approximate surface area is 117 Å². The van der Waals surface area contributed by atoms with Gasteiger partial charge in [0.1, 0.15) is 5.78 Å². The van der Waals surface area contributed by atoms with Crippen molar-refractivity contribution in [3.8, 4) is 0 Å². The van der Waals surface area contributed by atoms with Gasteiger partial charge in [0.05, 0.1) is 23.8 Å². The summed E-state index contributed by atoms with van der Waals surface area (Å²) in [4.78, 5) is 16.3. The molecule has 5 heteroatoms. The molecule has 1 aromatic carbocycles. The van der Waals surface area contributed by atoms with Crippen LogP contribution in [-0.2, 0) is 9.53 Å². The average molecular weight is 282 g/mol. The highest BCUT2D eigenvalue weighted by molar-refractivity contribution is 6.30. The minimum atomic E-state index is -0.900. The van der Waals surface area contributed by atoms with Gasteiger partial charge in [0.25, 0.3) is 0 Å². The van der Waals surface area contributed by atoms with Crippen LogP contribution in [0.2, 0.25) is 5.02 Å². The predicted octanol–water partition coefficient (Wildman–Crippen LogP) is 2.70. The molecule has 102 valence electrons. The van der Waals surface area contributed by atoms with Crippen molar-refractivity contribution in [3.63, 3.8) is 0 Å². The minimum Gasteiger partial charge on any atom is -0.387 e. The lowest BCUT2D eigenvalue weighted by Gasteiger charge is -2.24. The molecule has 4 nitrogen and oxygen atoms in total. The van der Waals surface area contributed by atoms with Crippen LogP contribution in [0.5, 0.6) is 0 Å². The second-order valence-electron chi connectivity index (χ2n) is 4.67. The summed E-state index contributed by atoms with van der Waals surface area (Å²) in [5.41, 5.74) is 1.25. The maximum absolute atomic E-state index is 12.1. The fourth-order valence-electron chi connectivity index (χ4n) is 2.08. The van der Waals surface area contributed by atoms with Gasteiger partial charge in [0.15, 0.2) is 0 Å². The minimum absolute atomic E-state index is 0.0868. The molecule has 1 aliphatic heterocycles. The summed E-state index contributed by atoms with van der Waals surface area (Å²) in [6.07, 6.45) is 0.683. The molecule has 1 heterocycles. The molecule has 3 atom stereocenters. The SMILES string of the molecule is COC(C)CC(=O)C1C=Nc2ccc(Cl)cc2C1O. The third-order valence-electron chi connectivity index (χ3n) is 3.29. The van der Waals surface area contributed by atoms with Crippen LogP contribution >= 0.6 is 11.6 Å². The van der Waals surface area contributed by atoms with Crippen LogP contribution < -0.4 is 0 Å². The first-order valence-corrected chi connectivity index (χ1v) is 6.48. The number of carbonyl (C=O) groups is 1. The molecule has 1 N–H and O–H groups in total. The standard InChI is InChI=1S/C14H16ClNO3/c1-8(19-2)5-13(17)11-7-16-12-4-3-9(15)6-10(12)14(11)18/h3-4,6-8,11,14,18H,5H2,1-2H3. The number of rotatable bonds is 4. The third-order valence-corrected chi connectivity index (χ3v) is 3.52. The highest BCUT2D eigenvalue weighted by atomic mass is 35.5. The lowest BCUT2D eigenvalue weighted by molar-refractivity contribution is -0.125. The summed E-state index contributed by atoms with van der Waals surface area (Å²) in [5.74, 6) is -0.722. The first-order valence-electron chi connectivity index (χ1n) is 6.10. The zero-order valence-corrected chi connectivity index (χ0v) is 11.6. The van der Waals surface area contributed by atoms with E-state index >= 15 is 0 Å². The monoisotopic (exact) mass is 281 g/mol. The molecular formula is C14H16ClNO3. The van der Waals surface area contributed by atoms with Gasteiger partial charge in [-0.1, -0.05) is 11.6 Å². The van der Waals surface area contributed by atoms with Crippen LogP contribution in [0, 0.1) is 5.92 Å². The van der Waals surface area contributed by atoms with Gasteiger partial charge in [-0.2, -0.15) is 0 Å². The van der Waals surface area contributed by atoms with Crippen molar-refractivity contribution >= 4 is 29.3 Å². The molecule has 3 unspecified atom stereocenters.